The summed E-state index contributed by atoms with van der Waals surface area (Å²) in [5.41, 5.74) is 0.956. The van der Waals surface area contributed by atoms with Gasteiger partial charge < -0.3 is 9.80 Å². The first-order valence-electron chi connectivity index (χ1n) is 12.6. The van der Waals surface area contributed by atoms with Crippen LogP contribution in [0.25, 0.3) is 0 Å². The van der Waals surface area contributed by atoms with E-state index in [0.29, 0.717) is 25.9 Å². The number of hydrogen-bond donors (Lipinski definition) is 0. The van der Waals surface area contributed by atoms with Crippen LogP contribution in [-0.2, 0) is 16.1 Å². The standard InChI is InChI=1S/C26H42FN3O2/c1-3-5-7-8-9-11-26(32)30(22-23-12-14-24(27)15-13-23)21-18-28-16-19-29(20-17-28)25(31)10-6-4-2/h12-15H,3-11,16-22H2,1-2H3. The third-order valence-corrected chi connectivity index (χ3v) is 6.29. The lowest BCUT2D eigenvalue weighted by Gasteiger charge is -2.36. The molecule has 180 valence electrons. The number of benzene rings is 1. The largest absolute Gasteiger partial charge is 0.340 e. The third kappa shape index (κ3) is 9.68. The Morgan fingerprint density at radius 1 is 0.875 bits per heavy atom. The molecule has 1 aromatic carbocycles. The fourth-order valence-corrected chi connectivity index (χ4v) is 4.11. The summed E-state index contributed by atoms with van der Waals surface area (Å²) in [4.78, 5) is 31.4. The molecular weight excluding hydrogens is 405 g/mol. The molecule has 0 radical (unpaired) electrons. The summed E-state index contributed by atoms with van der Waals surface area (Å²) >= 11 is 0. The van der Waals surface area contributed by atoms with Crippen molar-refractivity contribution in [1.29, 1.82) is 0 Å². The maximum absolute atomic E-state index is 13.3. The number of piperazine rings is 1. The highest BCUT2D eigenvalue weighted by Crippen LogP contribution is 2.12. The molecule has 1 fully saturated rings. The van der Waals surface area contributed by atoms with Gasteiger partial charge in [0.15, 0.2) is 0 Å². The van der Waals surface area contributed by atoms with E-state index in [1.54, 1.807) is 12.1 Å². The van der Waals surface area contributed by atoms with E-state index in [2.05, 4.69) is 18.7 Å². The second kappa shape index (κ2) is 15.0. The molecule has 2 rings (SSSR count). The monoisotopic (exact) mass is 447 g/mol. The maximum atomic E-state index is 13.3. The highest BCUT2D eigenvalue weighted by atomic mass is 19.1. The minimum absolute atomic E-state index is 0.180. The summed E-state index contributed by atoms with van der Waals surface area (Å²) in [7, 11) is 0. The molecule has 5 nitrogen and oxygen atoms in total. The smallest absolute Gasteiger partial charge is 0.222 e. The average Bonchev–Trinajstić information content (AvgIpc) is 2.81. The van der Waals surface area contributed by atoms with Crippen molar-refractivity contribution >= 4 is 11.8 Å². The molecular formula is C26H42FN3O2. The first kappa shape index (κ1) is 26.3. The Kier molecular flexibility index (Phi) is 12.3. The Hall–Kier alpha value is -1.95. The molecule has 0 spiro atoms. The zero-order valence-corrected chi connectivity index (χ0v) is 20.2. The second-order valence-corrected chi connectivity index (χ2v) is 8.93. The van der Waals surface area contributed by atoms with E-state index in [1.807, 2.05) is 9.80 Å². The van der Waals surface area contributed by atoms with Crippen molar-refractivity contribution in [1.82, 2.24) is 14.7 Å². The minimum atomic E-state index is -0.256. The fourth-order valence-electron chi connectivity index (χ4n) is 4.11. The van der Waals surface area contributed by atoms with Crippen LogP contribution in [0.4, 0.5) is 4.39 Å². The molecule has 1 heterocycles. The van der Waals surface area contributed by atoms with Crippen molar-refractivity contribution in [3.63, 3.8) is 0 Å². The Bertz CT molecular complexity index is 672. The van der Waals surface area contributed by atoms with Gasteiger partial charge >= 0.3 is 0 Å². The Morgan fingerprint density at radius 3 is 2.19 bits per heavy atom. The van der Waals surface area contributed by atoms with Gasteiger partial charge in [0, 0.05) is 58.7 Å². The van der Waals surface area contributed by atoms with E-state index in [-0.39, 0.29) is 17.6 Å². The van der Waals surface area contributed by atoms with Crippen molar-refractivity contribution in [2.45, 2.75) is 78.2 Å². The van der Waals surface area contributed by atoms with Crippen molar-refractivity contribution in [3.8, 4) is 0 Å². The van der Waals surface area contributed by atoms with Crippen molar-refractivity contribution in [3.05, 3.63) is 35.6 Å². The molecule has 6 heteroatoms. The fraction of sp³-hybridized carbons (Fsp3) is 0.692. The van der Waals surface area contributed by atoms with Gasteiger partial charge in [-0.05, 0) is 30.5 Å². The normalized spacial score (nSPS) is 14.5. The molecule has 0 bridgehead atoms. The van der Waals surface area contributed by atoms with E-state index in [1.165, 1.54) is 31.4 Å². The zero-order valence-electron chi connectivity index (χ0n) is 20.2. The number of amides is 2. The molecule has 0 aliphatic carbocycles. The van der Waals surface area contributed by atoms with Crippen LogP contribution in [0.5, 0.6) is 0 Å². The minimum Gasteiger partial charge on any atom is -0.340 e. The molecule has 2 amide bonds. The number of hydrogen-bond acceptors (Lipinski definition) is 3. The molecule has 0 saturated carbocycles. The van der Waals surface area contributed by atoms with Crippen molar-refractivity contribution in [2.24, 2.45) is 0 Å². The van der Waals surface area contributed by atoms with Gasteiger partial charge in [-0.15, -0.1) is 0 Å². The summed E-state index contributed by atoms with van der Waals surface area (Å²) in [5, 5.41) is 0. The van der Waals surface area contributed by atoms with Gasteiger partial charge in [0.05, 0.1) is 0 Å². The first-order chi connectivity index (χ1) is 15.5. The van der Waals surface area contributed by atoms with Gasteiger partial charge in [-0.1, -0.05) is 58.1 Å². The number of carbonyl (C=O) groups excluding carboxylic acids is 2. The van der Waals surface area contributed by atoms with Gasteiger partial charge in [-0.25, -0.2) is 4.39 Å². The van der Waals surface area contributed by atoms with Crippen LogP contribution in [0.15, 0.2) is 24.3 Å². The summed E-state index contributed by atoms with van der Waals surface area (Å²) < 4.78 is 13.3. The van der Waals surface area contributed by atoms with Crippen LogP contribution < -0.4 is 0 Å². The lowest BCUT2D eigenvalue weighted by molar-refractivity contribution is -0.133. The lowest BCUT2D eigenvalue weighted by Crippen LogP contribution is -2.50. The number of unbranched alkanes of at least 4 members (excludes halogenated alkanes) is 5. The van der Waals surface area contributed by atoms with Crippen LogP contribution in [0, 0.1) is 5.82 Å². The Morgan fingerprint density at radius 2 is 1.53 bits per heavy atom. The predicted molar refractivity (Wildman–Crippen MR) is 128 cm³/mol. The molecule has 1 aliphatic rings. The van der Waals surface area contributed by atoms with Gasteiger partial charge in [-0.2, -0.15) is 0 Å². The van der Waals surface area contributed by atoms with Crippen LogP contribution >= 0.6 is 0 Å². The van der Waals surface area contributed by atoms with E-state index >= 15 is 0 Å². The lowest BCUT2D eigenvalue weighted by atomic mass is 10.1. The highest BCUT2D eigenvalue weighted by Gasteiger charge is 2.22. The molecule has 1 aromatic rings. The molecule has 1 aliphatic heterocycles. The van der Waals surface area contributed by atoms with Gasteiger partial charge in [-0.3, -0.25) is 14.5 Å². The van der Waals surface area contributed by atoms with Crippen molar-refractivity contribution < 1.29 is 14.0 Å². The van der Waals surface area contributed by atoms with Crippen LogP contribution in [-0.4, -0.2) is 65.8 Å². The van der Waals surface area contributed by atoms with Gasteiger partial charge in [0.2, 0.25) is 11.8 Å². The number of carbonyl (C=O) groups is 2. The predicted octanol–water partition coefficient (Wildman–Crippen LogP) is 4.85. The Balaban J connectivity index is 1.84. The molecule has 0 aromatic heterocycles. The molecule has 0 N–H and O–H groups in total. The molecule has 0 atom stereocenters. The van der Waals surface area contributed by atoms with Crippen LogP contribution in [0.3, 0.4) is 0 Å². The van der Waals surface area contributed by atoms with E-state index < -0.39 is 0 Å². The highest BCUT2D eigenvalue weighted by molar-refractivity contribution is 5.76. The van der Waals surface area contributed by atoms with E-state index in [4.69, 9.17) is 0 Å². The third-order valence-electron chi connectivity index (χ3n) is 6.29. The number of rotatable bonds is 14. The molecule has 0 unspecified atom stereocenters. The number of halogens is 1. The first-order valence-corrected chi connectivity index (χ1v) is 12.6. The average molecular weight is 448 g/mol. The summed E-state index contributed by atoms with van der Waals surface area (Å²) in [6.45, 7) is 9.53. The second-order valence-electron chi connectivity index (χ2n) is 8.93. The summed E-state index contributed by atoms with van der Waals surface area (Å²) in [6, 6.07) is 6.43. The van der Waals surface area contributed by atoms with Crippen LogP contribution in [0.1, 0.15) is 77.2 Å². The summed E-state index contributed by atoms with van der Waals surface area (Å²) in [5.74, 6) is 0.191. The zero-order chi connectivity index (χ0) is 23.2. The topological polar surface area (TPSA) is 43.9 Å². The van der Waals surface area contributed by atoms with E-state index in [0.717, 1.165) is 64.0 Å². The number of nitrogens with zero attached hydrogens (tertiary/aromatic N) is 3. The van der Waals surface area contributed by atoms with E-state index in [9.17, 15) is 14.0 Å². The maximum Gasteiger partial charge on any atom is 0.222 e. The molecule has 1 saturated heterocycles. The van der Waals surface area contributed by atoms with Gasteiger partial charge in [0.1, 0.15) is 5.82 Å². The van der Waals surface area contributed by atoms with Crippen LogP contribution in [0.2, 0.25) is 0 Å². The SMILES string of the molecule is CCCCCCCC(=O)N(CCN1CCN(C(=O)CCCC)CC1)Cc1ccc(F)cc1. The van der Waals surface area contributed by atoms with Gasteiger partial charge in [0.25, 0.3) is 0 Å². The summed E-state index contributed by atoms with van der Waals surface area (Å²) in [6.07, 6.45) is 8.85. The quantitative estimate of drug-likeness (QED) is 0.383. The molecule has 32 heavy (non-hydrogen) atoms. The van der Waals surface area contributed by atoms with Crippen molar-refractivity contribution in [2.75, 3.05) is 39.3 Å². The Labute approximate surface area is 193 Å².